The van der Waals surface area contributed by atoms with Crippen LogP contribution in [0.25, 0.3) is 0 Å². The third-order valence-corrected chi connectivity index (χ3v) is 3.93. The summed E-state index contributed by atoms with van der Waals surface area (Å²) in [6.07, 6.45) is 0. The van der Waals surface area contributed by atoms with Crippen molar-refractivity contribution in [2.24, 2.45) is 0 Å². The van der Waals surface area contributed by atoms with E-state index in [1.165, 1.54) is 22.3 Å². The smallest absolute Gasteiger partial charge is 0.248 e. The fourth-order valence-electron chi connectivity index (χ4n) is 2.47. The average Bonchev–Trinajstić information content (AvgIpc) is 2.39. The Labute approximate surface area is 112 Å². The summed E-state index contributed by atoms with van der Waals surface area (Å²) < 4.78 is 5.68. The second-order valence-corrected chi connectivity index (χ2v) is 4.97. The first kappa shape index (κ1) is 13.1. The summed E-state index contributed by atoms with van der Waals surface area (Å²) >= 11 is 0. The molecule has 0 unspecified atom stereocenters. The molecule has 0 spiro atoms. The van der Waals surface area contributed by atoms with Gasteiger partial charge in [0.05, 0.1) is 0 Å². The van der Waals surface area contributed by atoms with Crippen molar-refractivity contribution >= 4 is 10.5 Å². The van der Waals surface area contributed by atoms with Gasteiger partial charge in [-0.05, 0) is 43.0 Å². The molecule has 0 aromatic heterocycles. The first-order valence-electron chi connectivity index (χ1n) is 6.06. The number of aryl methyl sites for hydroxylation is 2. The summed E-state index contributed by atoms with van der Waals surface area (Å²) in [5.41, 5.74) is 4.32. The molecule has 0 heterocycles. The van der Waals surface area contributed by atoms with Crippen molar-refractivity contribution in [3.63, 3.8) is 0 Å². The van der Waals surface area contributed by atoms with Crippen LogP contribution in [0.4, 0.5) is 0 Å². The van der Waals surface area contributed by atoms with Gasteiger partial charge in [-0.2, -0.15) is 0 Å². The lowest BCUT2D eigenvalue weighted by atomic mass is 9.83. The summed E-state index contributed by atoms with van der Waals surface area (Å²) in [5.74, 6) is 0. The van der Waals surface area contributed by atoms with Crippen LogP contribution >= 0.6 is 0 Å². The van der Waals surface area contributed by atoms with E-state index in [1.807, 2.05) is 24.3 Å². The Hall–Kier alpha value is -1.38. The molecule has 0 aliphatic carbocycles. The molecular formula is C16H17OSi. The van der Waals surface area contributed by atoms with Gasteiger partial charge < -0.3 is 4.43 Å². The number of hydrogen-bond donors (Lipinski definition) is 0. The fraction of sp³-hybridized carbons (Fsp3) is 0.250. The fourth-order valence-corrected chi connectivity index (χ4v) is 2.69. The van der Waals surface area contributed by atoms with Gasteiger partial charge >= 0.3 is 0 Å². The largest absolute Gasteiger partial charge is 0.405 e. The molecule has 2 rings (SSSR count). The van der Waals surface area contributed by atoms with Crippen molar-refractivity contribution in [3.8, 4) is 0 Å². The molecule has 0 N–H and O–H groups in total. The van der Waals surface area contributed by atoms with Gasteiger partial charge in [-0.3, -0.25) is 0 Å². The molecule has 0 aliphatic heterocycles. The van der Waals surface area contributed by atoms with Crippen LogP contribution in [0.5, 0.6) is 0 Å². The van der Waals surface area contributed by atoms with Crippen molar-refractivity contribution in [1.82, 2.24) is 0 Å². The zero-order valence-electron chi connectivity index (χ0n) is 11.0. The Kier molecular flexibility index (Phi) is 3.69. The van der Waals surface area contributed by atoms with Crippen molar-refractivity contribution in [2.45, 2.75) is 26.4 Å². The van der Waals surface area contributed by atoms with Crippen molar-refractivity contribution < 1.29 is 4.43 Å². The maximum atomic E-state index is 5.68. The van der Waals surface area contributed by atoms with E-state index < -0.39 is 5.60 Å². The third kappa shape index (κ3) is 2.14. The molecule has 0 fully saturated rings. The van der Waals surface area contributed by atoms with Crippen LogP contribution in [-0.4, -0.2) is 10.5 Å². The lowest BCUT2D eigenvalue weighted by Crippen LogP contribution is -2.28. The quantitative estimate of drug-likeness (QED) is 0.758. The van der Waals surface area contributed by atoms with E-state index in [-0.39, 0.29) is 0 Å². The van der Waals surface area contributed by atoms with Crippen LogP contribution in [0.15, 0.2) is 48.5 Å². The zero-order valence-corrected chi connectivity index (χ0v) is 12.0. The van der Waals surface area contributed by atoms with Crippen LogP contribution in [-0.2, 0) is 10.0 Å². The molecule has 0 saturated heterocycles. The zero-order chi connectivity index (χ0) is 13.2. The second kappa shape index (κ2) is 5.08. The van der Waals surface area contributed by atoms with Crippen molar-refractivity contribution in [3.05, 3.63) is 70.8 Å². The number of benzene rings is 2. The minimum atomic E-state index is -0.479. The molecule has 3 radical (unpaired) electrons. The monoisotopic (exact) mass is 253 g/mol. The van der Waals surface area contributed by atoms with Crippen LogP contribution in [0.3, 0.4) is 0 Å². The Balaban J connectivity index is 2.63. The topological polar surface area (TPSA) is 9.23 Å². The van der Waals surface area contributed by atoms with E-state index in [2.05, 4.69) is 55.5 Å². The van der Waals surface area contributed by atoms with Crippen LogP contribution in [0.1, 0.15) is 29.2 Å². The SMILES string of the molecule is Cc1ccccc1C(C)(O[Si])c1ccccc1C. The van der Waals surface area contributed by atoms with E-state index in [0.717, 1.165) is 0 Å². The molecular weight excluding hydrogens is 236 g/mol. The molecule has 0 aliphatic rings. The van der Waals surface area contributed by atoms with Gasteiger partial charge in [-0.15, -0.1) is 0 Å². The molecule has 0 saturated carbocycles. The Morgan fingerprint density at radius 1 is 0.833 bits per heavy atom. The highest BCUT2D eigenvalue weighted by Gasteiger charge is 2.30. The van der Waals surface area contributed by atoms with Gasteiger partial charge in [-0.25, -0.2) is 0 Å². The summed E-state index contributed by atoms with van der Waals surface area (Å²) in [6, 6.07) is 16.6. The first-order valence-corrected chi connectivity index (χ1v) is 6.47. The molecule has 2 aromatic rings. The van der Waals surface area contributed by atoms with E-state index >= 15 is 0 Å². The summed E-state index contributed by atoms with van der Waals surface area (Å²) in [4.78, 5) is 0. The highest BCUT2D eigenvalue weighted by atomic mass is 28.2. The third-order valence-electron chi connectivity index (χ3n) is 3.52. The van der Waals surface area contributed by atoms with Crippen LogP contribution in [0, 0.1) is 13.8 Å². The maximum Gasteiger partial charge on any atom is 0.248 e. The van der Waals surface area contributed by atoms with Gasteiger partial charge in [0.2, 0.25) is 10.5 Å². The minimum absolute atomic E-state index is 0.479. The summed E-state index contributed by atoms with van der Waals surface area (Å²) in [6.45, 7) is 6.30. The summed E-state index contributed by atoms with van der Waals surface area (Å²) in [7, 11) is 3.27. The first-order chi connectivity index (χ1) is 8.59. The Bertz CT molecular complexity index is 503. The predicted molar refractivity (Wildman–Crippen MR) is 75.7 cm³/mol. The van der Waals surface area contributed by atoms with Gasteiger partial charge in [-0.1, -0.05) is 48.5 Å². The van der Waals surface area contributed by atoms with E-state index in [1.54, 1.807) is 0 Å². The summed E-state index contributed by atoms with van der Waals surface area (Å²) in [5, 5.41) is 0. The number of hydrogen-bond acceptors (Lipinski definition) is 1. The highest BCUT2D eigenvalue weighted by molar-refractivity contribution is 5.98. The minimum Gasteiger partial charge on any atom is -0.405 e. The van der Waals surface area contributed by atoms with E-state index in [9.17, 15) is 0 Å². The Morgan fingerprint density at radius 2 is 1.22 bits per heavy atom. The van der Waals surface area contributed by atoms with E-state index in [4.69, 9.17) is 4.43 Å². The maximum absolute atomic E-state index is 5.68. The predicted octanol–water partition coefficient (Wildman–Crippen LogP) is 3.67. The van der Waals surface area contributed by atoms with Crippen molar-refractivity contribution in [1.29, 1.82) is 0 Å². The van der Waals surface area contributed by atoms with Crippen LogP contribution in [0.2, 0.25) is 0 Å². The lowest BCUT2D eigenvalue weighted by molar-refractivity contribution is 0.147. The molecule has 0 bridgehead atoms. The normalized spacial score (nSPS) is 11.6. The molecule has 2 heteroatoms. The lowest BCUT2D eigenvalue weighted by Gasteiger charge is -2.32. The van der Waals surface area contributed by atoms with Gasteiger partial charge in [0, 0.05) is 0 Å². The molecule has 91 valence electrons. The van der Waals surface area contributed by atoms with Gasteiger partial charge in [0.15, 0.2) is 0 Å². The molecule has 2 aromatic carbocycles. The molecule has 1 nitrogen and oxygen atoms in total. The van der Waals surface area contributed by atoms with Crippen LogP contribution < -0.4 is 0 Å². The van der Waals surface area contributed by atoms with Gasteiger partial charge in [0.25, 0.3) is 0 Å². The second-order valence-electron chi connectivity index (χ2n) is 4.77. The molecule has 0 amide bonds. The molecule has 0 atom stereocenters. The average molecular weight is 253 g/mol. The highest BCUT2D eigenvalue weighted by Crippen LogP contribution is 2.35. The van der Waals surface area contributed by atoms with E-state index in [0.29, 0.717) is 0 Å². The Morgan fingerprint density at radius 3 is 1.56 bits per heavy atom. The van der Waals surface area contributed by atoms with Crippen molar-refractivity contribution in [2.75, 3.05) is 0 Å². The molecule has 18 heavy (non-hydrogen) atoms. The van der Waals surface area contributed by atoms with Gasteiger partial charge in [0.1, 0.15) is 5.60 Å². The standard InChI is InChI=1S/C16H17OSi/c1-12-8-4-6-10-14(12)16(3,17-18)15-11-7-5-9-13(15)2/h4-11H,1-3H3. The number of rotatable bonds is 3.